The number of benzene rings is 5. The second kappa shape index (κ2) is 16.3. The van der Waals surface area contributed by atoms with E-state index in [9.17, 15) is 33.9 Å². The molecule has 336 valence electrons. The van der Waals surface area contributed by atoms with Gasteiger partial charge in [0.2, 0.25) is 34.3 Å². The topological polar surface area (TPSA) is 169 Å². The molecule has 1 unspecified atom stereocenters. The summed E-state index contributed by atoms with van der Waals surface area (Å²) in [6.45, 7) is 1.80. The van der Waals surface area contributed by atoms with E-state index in [2.05, 4.69) is 37.2 Å². The first-order valence-electron chi connectivity index (χ1n) is 21.1. The van der Waals surface area contributed by atoms with Crippen molar-refractivity contribution in [2.24, 2.45) is 11.8 Å². The monoisotopic (exact) mass is 1040 g/mol. The van der Waals surface area contributed by atoms with Gasteiger partial charge in [-0.15, -0.1) is 11.3 Å². The molecular formula is C51H38Br2N4O9S. The zero-order valence-corrected chi connectivity index (χ0v) is 40.4. The van der Waals surface area contributed by atoms with Gasteiger partial charge in [0.1, 0.15) is 25.4 Å². The molecule has 10 rings (SSSR count). The van der Waals surface area contributed by atoms with Crippen molar-refractivity contribution in [1.82, 2.24) is 9.89 Å². The van der Waals surface area contributed by atoms with Crippen LogP contribution in [0.4, 0.5) is 11.4 Å². The molecule has 0 saturated carbocycles. The summed E-state index contributed by atoms with van der Waals surface area (Å²) in [4.78, 5) is 87.9. The van der Waals surface area contributed by atoms with Crippen molar-refractivity contribution in [3.05, 3.63) is 155 Å². The lowest BCUT2D eigenvalue weighted by Crippen LogP contribution is -2.51. The lowest BCUT2D eigenvalue weighted by molar-refractivity contribution is -0.255. The summed E-state index contributed by atoms with van der Waals surface area (Å²) in [5.74, 6) is -6.64. The van der Waals surface area contributed by atoms with Crippen LogP contribution in [0.3, 0.4) is 0 Å². The highest BCUT2D eigenvalue weighted by molar-refractivity contribution is 9.13. The first-order valence-corrected chi connectivity index (χ1v) is 23.5. The summed E-state index contributed by atoms with van der Waals surface area (Å²) in [7, 11) is 7.66. The van der Waals surface area contributed by atoms with Crippen LogP contribution in [0.1, 0.15) is 62.9 Å². The van der Waals surface area contributed by atoms with Gasteiger partial charge in [-0.25, -0.2) is 9.48 Å². The lowest BCUT2D eigenvalue weighted by atomic mass is 9.77. The molecule has 4 aromatic carbocycles. The minimum absolute atomic E-state index is 0.00877. The smallest absolute Gasteiger partial charge is 0.251 e. The number of thiophene rings is 1. The van der Waals surface area contributed by atoms with Crippen molar-refractivity contribution in [2.75, 3.05) is 38.0 Å². The number of hydrogen-bond donors (Lipinski definition) is 1. The lowest BCUT2D eigenvalue weighted by Gasteiger charge is -2.27. The molecule has 1 spiro atoms. The van der Waals surface area contributed by atoms with Crippen LogP contribution < -0.4 is 30.2 Å². The van der Waals surface area contributed by atoms with Crippen LogP contribution in [0.15, 0.2) is 116 Å². The number of aromatic carboxylic acids is 1. The van der Waals surface area contributed by atoms with Gasteiger partial charge in [-0.2, -0.15) is 0 Å². The number of carboxylic acid groups (broad SMARTS) is 1. The normalized spacial score (nSPS) is 19.7. The Morgan fingerprint density at radius 1 is 0.836 bits per heavy atom. The fourth-order valence-electron chi connectivity index (χ4n) is 9.54. The molecule has 5 aliphatic rings. The van der Waals surface area contributed by atoms with E-state index in [1.165, 1.54) is 6.07 Å². The van der Waals surface area contributed by atoms with Crippen molar-refractivity contribution in [3.8, 4) is 22.5 Å². The van der Waals surface area contributed by atoms with E-state index < -0.39 is 58.8 Å². The average Bonchev–Trinajstić information content (AvgIpc) is 4.01. The second-order valence-electron chi connectivity index (χ2n) is 17.2. The number of hydrogen-bond acceptors (Lipinski definition) is 11. The third kappa shape index (κ3) is 6.99. The van der Waals surface area contributed by atoms with Crippen LogP contribution in [-0.2, 0) is 20.9 Å². The van der Waals surface area contributed by atoms with Crippen molar-refractivity contribution in [3.63, 3.8) is 0 Å². The molecule has 1 N–H and O–H groups in total. The maximum absolute atomic E-state index is 14.5. The number of carbonyl (C=O) groups excluding carboxylic acids is 6. The minimum Gasteiger partial charge on any atom is -0.545 e. The number of aryl methyl sites for hydroxylation is 1. The number of nitrogens with one attached hydrogen (secondary N) is 1. The van der Waals surface area contributed by atoms with Gasteiger partial charge >= 0.3 is 0 Å². The summed E-state index contributed by atoms with van der Waals surface area (Å²) in [5, 5.41) is 17.3. The maximum atomic E-state index is 14.5. The molecule has 2 saturated heterocycles. The van der Waals surface area contributed by atoms with Crippen LogP contribution in [0.2, 0.25) is 0 Å². The molecule has 2 aliphatic carbocycles. The van der Waals surface area contributed by atoms with Crippen LogP contribution in [0.5, 0.6) is 0 Å². The predicted octanol–water partition coefficient (Wildman–Crippen LogP) is 7.19. The largest absolute Gasteiger partial charge is 0.545 e. The standard InChI is InChI=1S/C51H38Br2N4O9S/c1-24-18-35-44(67-24)46(59)51(45(35)58)42-41(43(66-51)26-9-17-36(52)37(53)20-26)48(61)57(49(42)62)28-10-6-25(7-11-28)23-54-47(60)27-8-14-31(34(19-27)50(63)64)40-32-15-12-29(55(2)3)21-38(32)65-39-22-30(56(4)5)13-16-33(39)40/h6-22,41-43H,23H2,1-5H3,(H-,54,60,63,64)/t41-,42-,43-,51?/m0/s1. The molecule has 4 atom stereocenters. The van der Waals surface area contributed by atoms with Crippen molar-refractivity contribution in [2.45, 2.75) is 25.2 Å². The van der Waals surface area contributed by atoms with Gasteiger partial charge in [0.15, 0.2) is 0 Å². The fourth-order valence-corrected chi connectivity index (χ4v) is 11.2. The highest BCUT2D eigenvalue weighted by atomic mass is 79.9. The number of amides is 3. The third-order valence-corrected chi connectivity index (χ3v) is 15.8. The number of imide groups is 1. The Balaban J connectivity index is 0.923. The van der Waals surface area contributed by atoms with Gasteiger partial charge in [-0.3, -0.25) is 24.0 Å². The number of carboxylic acids is 1. The van der Waals surface area contributed by atoms with Gasteiger partial charge < -0.3 is 29.3 Å². The summed E-state index contributed by atoms with van der Waals surface area (Å²) >= 11 is 8.11. The first kappa shape index (κ1) is 44.3. The summed E-state index contributed by atoms with van der Waals surface area (Å²) in [6.07, 6.45) is -1.09. The molecule has 2 fully saturated rings. The third-order valence-electron chi connectivity index (χ3n) is 12.8. The summed E-state index contributed by atoms with van der Waals surface area (Å²) < 4.78 is 16.2. The van der Waals surface area contributed by atoms with E-state index in [1.54, 1.807) is 67.6 Å². The Hall–Kier alpha value is -6.59. The second-order valence-corrected chi connectivity index (χ2v) is 20.2. The fraction of sp³-hybridized carbons (Fsp3) is 0.196. The van der Waals surface area contributed by atoms with Gasteiger partial charge in [0.05, 0.1) is 40.5 Å². The zero-order chi connectivity index (χ0) is 47.4. The Morgan fingerprint density at radius 3 is 2.27 bits per heavy atom. The number of ether oxygens (including phenoxy) is 1. The Morgan fingerprint density at radius 2 is 1.58 bits per heavy atom. The molecule has 5 aromatic rings. The Labute approximate surface area is 403 Å². The molecule has 4 heterocycles. The molecular weight excluding hydrogens is 1000 g/mol. The van der Waals surface area contributed by atoms with Crippen molar-refractivity contribution < 1.29 is 43.0 Å². The number of nitrogens with zero attached hydrogens (tertiary/aromatic N) is 3. The predicted molar refractivity (Wildman–Crippen MR) is 257 cm³/mol. The molecule has 3 aliphatic heterocycles. The SMILES string of the molecule is Cc1cc2c(s1)C(=O)C1(O[C@@H](c3ccc(Br)c(Br)c3)[C@H]3C(=O)N(c4ccc(CNC(=O)c5ccc(-c6c7ccc(=[N+](C)C)cc-7oc7cc(N(C)C)ccc67)c(C(=O)[O-])c5)cc4)C(=O)[C@H]31)C2=O. The van der Waals surface area contributed by atoms with Gasteiger partial charge in [-0.05, 0) is 116 Å². The van der Waals surface area contributed by atoms with E-state index >= 15 is 0 Å². The minimum atomic E-state index is -2.20. The first-order chi connectivity index (χ1) is 32.0. The molecule has 0 radical (unpaired) electrons. The van der Waals surface area contributed by atoms with Gasteiger partial charge in [0, 0.05) is 85.5 Å². The maximum Gasteiger partial charge on any atom is 0.251 e. The van der Waals surface area contributed by atoms with Crippen LogP contribution in [0.25, 0.3) is 33.4 Å². The van der Waals surface area contributed by atoms with Crippen molar-refractivity contribution >= 4 is 101 Å². The average molecular weight is 1040 g/mol. The van der Waals surface area contributed by atoms with E-state index in [0.29, 0.717) is 49.0 Å². The van der Waals surface area contributed by atoms with Gasteiger partial charge in [-0.1, -0.05) is 24.3 Å². The Bertz CT molecular complexity index is 3360. The zero-order valence-electron chi connectivity index (χ0n) is 36.4. The highest BCUT2D eigenvalue weighted by Gasteiger charge is 2.75. The summed E-state index contributed by atoms with van der Waals surface area (Å²) in [6, 6.07) is 29.1. The number of rotatable bonds is 8. The van der Waals surface area contributed by atoms with Crippen LogP contribution in [0, 0.1) is 18.8 Å². The van der Waals surface area contributed by atoms with Crippen molar-refractivity contribution in [1.29, 1.82) is 0 Å². The molecule has 16 heteroatoms. The number of ketones is 2. The highest BCUT2D eigenvalue weighted by Crippen LogP contribution is 2.59. The molecule has 0 bridgehead atoms. The number of fused-ring (bicyclic) bond motifs is 5. The Kier molecular flexibility index (Phi) is 10.8. The summed E-state index contributed by atoms with van der Waals surface area (Å²) in [5.41, 5.74) is 2.31. The van der Waals surface area contributed by atoms with E-state index in [0.717, 1.165) is 36.6 Å². The molecule has 3 amide bonds. The van der Waals surface area contributed by atoms with Crippen LogP contribution in [-0.4, -0.2) is 69.0 Å². The number of anilines is 2. The molecule has 67 heavy (non-hydrogen) atoms. The number of Topliss-reactive ketones (excluding diaryl/α,β-unsaturated/α-hetero) is 2. The van der Waals surface area contributed by atoms with Gasteiger partial charge in [0.25, 0.3) is 5.91 Å². The van der Waals surface area contributed by atoms with E-state index in [4.69, 9.17) is 9.15 Å². The van der Waals surface area contributed by atoms with Crippen LogP contribution >= 0.6 is 43.2 Å². The number of carbonyl (C=O) groups is 6. The van der Waals surface area contributed by atoms with E-state index in [-0.39, 0.29) is 33.8 Å². The quantitative estimate of drug-likeness (QED) is 0.0712. The molecule has 1 aromatic heterocycles. The number of halogens is 2. The molecule has 13 nitrogen and oxygen atoms in total. The van der Waals surface area contributed by atoms with E-state index in [1.807, 2.05) is 74.1 Å².